The number of anilines is 1. The average Bonchev–Trinajstić information content (AvgIpc) is 2.89. The minimum absolute atomic E-state index is 0.0658. The van der Waals surface area contributed by atoms with E-state index in [1.807, 2.05) is 31.2 Å². The second-order valence-electron chi connectivity index (χ2n) is 4.64. The topological polar surface area (TPSA) is 54.7 Å². The van der Waals surface area contributed by atoms with Gasteiger partial charge in [-0.3, -0.25) is 14.2 Å². The molecule has 0 N–H and O–H groups in total. The predicted molar refractivity (Wildman–Crippen MR) is 73.5 cm³/mol. The molecule has 1 aliphatic rings. The van der Waals surface area contributed by atoms with Gasteiger partial charge >= 0.3 is 0 Å². The third kappa shape index (κ3) is 1.74. The van der Waals surface area contributed by atoms with Crippen molar-refractivity contribution in [3.63, 3.8) is 0 Å². The normalized spacial score (nSPS) is 15.2. The summed E-state index contributed by atoms with van der Waals surface area (Å²) >= 11 is 0. The van der Waals surface area contributed by atoms with Crippen molar-refractivity contribution in [3.05, 3.63) is 30.5 Å². The van der Waals surface area contributed by atoms with E-state index in [2.05, 4.69) is 5.10 Å². The standard InChI is InChI=1S/C14H13N3O2/c1-9-7-14(19)17(15-9)13-8-16(10(2)18)12-6-4-3-5-11(12)13/h3-6,8H,7H2,1-2H3. The third-order valence-electron chi connectivity index (χ3n) is 3.17. The first kappa shape index (κ1) is 11.6. The van der Waals surface area contributed by atoms with Gasteiger partial charge in [0.05, 0.1) is 17.6 Å². The number of hydrogen-bond donors (Lipinski definition) is 0. The minimum Gasteiger partial charge on any atom is -0.285 e. The van der Waals surface area contributed by atoms with Crippen molar-refractivity contribution in [1.29, 1.82) is 0 Å². The van der Waals surface area contributed by atoms with Crippen LogP contribution in [0.5, 0.6) is 0 Å². The lowest BCUT2D eigenvalue weighted by atomic mass is 10.2. The zero-order valence-electron chi connectivity index (χ0n) is 10.8. The Balaban J connectivity index is 2.25. The lowest BCUT2D eigenvalue weighted by Gasteiger charge is -2.09. The van der Waals surface area contributed by atoms with Crippen LogP contribution >= 0.6 is 0 Å². The highest BCUT2D eigenvalue weighted by molar-refractivity contribution is 6.15. The van der Waals surface area contributed by atoms with Crippen LogP contribution in [0.15, 0.2) is 35.6 Å². The molecule has 0 atom stereocenters. The summed E-state index contributed by atoms with van der Waals surface area (Å²) in [6.07, 6.45) is 2.01. The number of amides is 1. The van der Waals surface area contributed by atoms with E-state index < -0.39 is 0 Å². The van der Waals surface area contributed by atoms with Gasteiger partial charge in [0.25, 0.3) is 5.91 Å². The van der Waals surface area contributed by atoms with Crippen molar-refractivity contribution in [1.82, 2.24) is 4.57 Å². The average molecular weight is 255 g/mol. The number of carbonyl (C=O) groups is 2. The van der Waals surface area contributed by atoms with Gasteiger partial charge in [0, 0.05) is 24.2 Å². The van der Waals surface area contributed by atoms with Crippen molar-refractivity contribution in [2.75, 3.05) is 5.01 Å². The molecule has 1 amide bonds. The first-order valence-corrected chi connectivity index (χ1v) is 6.06. The summed E-state index contributed by atoms with van der Waals surface area (Å²) in [4.78, 5) is 23.6. The maximum Gasteiger partial charge on any atom is 0.253 e. The molecule has 1 aliphatic heterocycles. The van der Waals surface area contributed by atoms with Gasteiger partial charge in [0.2, 0.25) is 5.91 Å². The number of para-hydroxylation sites is 1. The number of aromatic nitrogens is 1. The van der Waals surface area contributed by atoms with Crippen LogP contribution < -0.4 is 5.01 Å². The Hall–Kier alpha value is -2.43. The predicted octanol–water partition coefficient (Wildman–Crippen LogP) is 2.41. The monoisotopic (exact) mass is 255 g/mol. The molecule has 0 radical (unpaired) electrons. The van der Waals surface area contributed by atoms with Gasteiger partial charge in [-0.2, -0.15) is 10.1 Å². The van der Waals surface area contributed by atoms with E-state index in [0.717, 1.165) is 16.6 Å². The number of benzene rings is 1. The van der Waals surface area contributed by atoms with E-state index >= 15 is 0 Å². The Morgan fingerprint density at radius 1 is 1.32 bits per heavy atom. The molecule has 5 heteroatoms. The number of fused-ring (bicyclic) bond motifs is 1. The smallest absolute Gasteiger partial charge is 0.253 e. The zero-order chi connectivity index (χ0) is 13.6. The molecule has 0 spiro atoms. The largest absolute Gasteiger partial charge is 0.285 e. The molecule has 19 heavy (non-hydrogen) atoms. The molecule has 1 aromatic heterocycles. The second kappa shape index (κ2) is 4.05. The Kier molecular flexibility index (Phi) is 2.48. The Labute approximate surface area is 110 Å². The molecule has 0 saturated heterocycles. The maximum absolute atomic E-state index is 11.9. The number of carbonyl (C=O) groups excluding carboxylic acids is 2. The van der Waals surface area contributed by atoms with Gasteiger partial charge < -0.3 is 0 Å². The van der Waals surface area contributed by atoms with Gasteiger partial charge in [-0.05, 0) is 13.0 Å². The van der Waals surface area contributed by atoms with E-state index in [0.29, 0.717) is 12.1 Å². The van der Waals surface area contributed by atoms with E-state index in [-0.39, 0.29) is 11.8 Å². The highest BCUT2D eigenvalue weighted by Gasteiger charge is 2.26. The highest BCUT2D eigenvalue weighted by Crippen LogP contribution is 2.31. The number of nitrogens with zero attached hydrogens (tertiary/aromatic N) is 3. The quantitative estimate of drug-likeness (QED) is 0.785. The Morgan fingerprint density at radius 3 is 2.68 bits per heavy atom. The van der Waals surface area contributed by atoms with Gasteiger partial charge in [0.15, 0.2) is 0 Å². The minimum atomic E-state index is -0.0882. The fourth-order valence-electron chi connectivity index (χ4n) is 2.33. The fraction of sp³-hybridized carbons (Fsp3) is 0.214. The third-order valence-corrected chi connectivity index (χ3v) is 3.17. The molecular weight excluding hydrogens is 242 g/mol. The van der Waals surface area contributed by atoms with Crippen molar-refractivity contribution in [2.24, 2.45) is 5.10 Å². The molecule has 0 bridgehead atoms. The molecule has 1 aromatic carbocycles. The van der Waals surface area contributed by atoms with Crippen LogP contribution in [0.4, 0.5) is 5.69 Å². The first-order valence-electron chi connectivity index (χ1n) is 6.06. The first-order chi connectivity index (χ1) is 9.08. The van der Waals surface area contributed by atoms with Crippen LogP contribution in [0.3, 0.4) is 0 Å². The van der Waals surface area contributed by atoms with Gasteiger partial charge in [-0.15, -0.1) is 0 Å². The molecule has 0 saturated carbocycles. The van der Waals surface area contributed by atoms with E-state index in [4.69, 9.17) is 0 Å². The highest BCUT2D eigenvalue weighted by atomic mass is 16.2. The summed E-state index contributed by atoms with van der Waals surface area (Å²) in [6, 6.07) is 7.50. The Morgan fingerprint density at radius 2 is 2.05 bits per heavy atom. The Bertz CT molecular complexity index is 727. The van der Waals surface area contributed by atoms with Crippen LogP contribution in [0.2, 0.25) is 0 Å². The maximum atomic E-state index is 11.9. The van der Waals surface area contributed by atoms with Crippen molar-refractivity contribution < 1.29 is 9.59 Å². The molecule has 0 fully saturated rings. The lowest BCUT2D eigenvalue weighted by Crippen LogP contribution is -2.19. The van der Waals surface area contributed by atoms with Crippen molar-refractivity contribution in [2.45, 2.75) is 20.3 Å². The van der Waals surface area contributed by atoms with Gasteiger partial charge in [-0.25, -0.2) is 0 Å². The fourth-order valence-corrected chi connectivity index (χ4v) is 2.33. The lowest BCUT2D eigenvalue weighted by molar-refractivity contribution is -0.116. The van der Waals surface area contributed by atoms with Crippen LogP contribution in [-0.2, 0) is 4.79 Å². The van der Waals surface area contributed by atoms with E-state index in [9.17, 15) is 9.59 Å². The molecular formula is C14H13N3O2. The molecule has 2 aromatic rings. The second-order valence-corrected chi connectivity index (χ2v) is 4.64. The van der Waals surface area contributed by atoms with Crippen molar-refractivity contribution >= 4 is 34.1 Å². The van der Waals surface area contributed by atoms with Gasteiger partial charge in [0.1, 0.15) is 0 Å². The van der Waals surface area contributed by atoms with Crippen LogP contribution in [0.25, 0.3) is 10.9 Å². The molecule has 2 heterocycles. The summed E-state index contributed by atoms with van der Waals surface area (Å²) in [6.45, 7) is 3.32. The van der Waals surface area contributed by atoms with E-state index in [1.54, 1.807) is 10.8 Å². The van der Waals surface area contributed by atoms with E-state index in [1.165, 1.54) is 11.9 Å². The SMILES string of the molecule is CC(=O)n1cc(N2N=C(C)CC2=O)c2ccccc21. The zero-order valence-corrected chi connectivity index (χ0v) is 10.8. The summed E-state index contributed by atoms with van der Waals surface area (Å²) in [7, 11) is 0. The molecule has 3 rings (SSSR count). The summed E-state index contributed by atoms with van der Waals surface area (Å²) < 4.78 is 1.54. The number of hydrazone groups is 1. The van der Waals surface area contributed by atoms with Crippen molar-refractivity contribution in [3.8, 4) is 0 Å². The summed E-state index contributed by atoms with van der Waals surface area (Å²) in [5, 5.41) is 6.48. The molecule has 0 unspecified atom stereocenters. The number of rotatable bonds is 1. The summed E-state index contributed by atoms with van der Waals surface area (Å²) in [5.74, 6) is -0.154. The van der Waals surface area contributed by atoms with Crippen LogP contribution in [-0.4, -0.2) is 22.1 Å². The van der Waals surface area contributed by atoms with Crippen LogP contribution in [0.1, 0.15) is 25.1 Å². The molecule has 96 valence electrons. The van der Waals surface area contributed by atoms with Crippen LogP contribution in [0, 0.1) is 0 Å². The van der Waals surface area contributed by atoms with Gasteiger partial charge in [-0.1, -0.05) is 18.2 Å². The summed E-state index contributed by atoms with van der Waals surface area (Å²) in [5.41, 5.74) is 2.23. The molecule has 5 nitrogen and oxygen atoms in total. The number of hydrogen-bond acceptors (Lipinski definition) is 3. The molecule has 0 aliphatic carbocycles.